The van der Waals surface area contributed by atoms with Crippen LogP contribution >= 0.6 is 0 Å². The van der Waals surface area contributed by atoms with Crippen molar-refractivity contribution in [2.75, 3.05) is 5.75 Å². The first-order valence-corrected chi connectivity index (χ1v) is 6.84. The molecule has 0 radical (unpaired) electrons. The van der Waals surface area contributed by atoms with Gasteiger partial charge in [0.1, 0.15) is 0 Å². The van der Waals surface area contributed by atoms with E-state index in [0.29, 0.717) is 18.4 Å². The van der Waals surface area contributed by atoms with Crippen molar-refractivity contribution in [3.05, 3.63) is 39.4 Å². The average Bonchev–Trinajstić information content (AvgIpc) is 2.55. The average molecular weight is 256 g/mol. The zero-order chi connectivity index (χ0) is 12.6. The third-order valence-electron chi connectivity index (χ3n) is 2.91. The van der Waals surface area contributed by atoms with E-state index in [1.807, 2.05) is 0 Å². The third kappa shape index (κ3) is 2.62. The van der Waals surface area contributed by atoms with E-state index in [1.54, 1.807) is 12.1 Å². The molecule has 2 rings (SSSR count). The fourth-order valence-corrected chi connectivity index (χ4v) is 3.23. The van der Waals surface area contributed by atoms with E-state index >= 15 is 0 Å². The fraction of sp³-hybridized carbons (Fsp3) is 0.400. The summed E-state index contributed by atoms with van der Waals surface area (Å²) in [6.07, 6.45) is 0.941. The van der Waals surface area contributed by atoms with Gasteiger partial charge in [-0.15, -0.1) is 0 Å². The van der Waals surface area contributed by atoms with Gasteiger partial charge in [0, 0.05) is 11.6 Å². The Morgan fingerprint density at radius 3 is 2.71 bits per heavy atom. The molecule has 6 nitrogen and oxygen atoms in total. The maximum absolute atomic E-state index is 11.0. The largest absolute Gasteiger partial charge is 0.272 e. The molecule has 1 aliphatic rings. The van der Waals surface area contributed by atoms with Crippen LogP contribution < -0.4 is 5.14 Å². The Morgan fingerprint density at radius 2 is 2.12 bits per heavy atom. The molecule has 1 aromatic rings. The Kier molecular flexibility index (Phi) is 2.88. The van der Waals surface area contributed by atoms with Crippen LogP contribution in [0.25, 0.3) is 0 Å². The van der Waals surface area contributed by atoms with Gasteiger partial charge in [-0.3, -0.25) is 10.1 Å². The molecule has 1 aromatic carbocycles. The Labute approximate surface area is 98.6 Å². The van der Waals surface area contributed by atoms with Crippen LogP contribution in [-0.4, -0.2) is 19.1 Å². The van der Waals surface area contributed by atoms with Gasteiger partial charge in [-0.1, -0.05) is 12.1 Å². The number of nitro benzene ring substituents is 1. The summed E-state index contributed by atoms with van der Waals surface area (Å²) in [6.45, 7) is 0. The summed E-state index contributed by atoms with van der Waals surface area (Å²) in [5, 5.41) is 15.8. The molecule has 0 saturated heterocycles. The molecule has 0 aromatic heterocycles. The summed E-state index contributed by atoms with van der Waals surface area (Å²) in [6, 6.07) is 4.86. The predicted octanol–water partition coefficient (Wildman–Crippen LogP) is 0.598. The first-order valence-electron chi connectivity index (χ1n) is 5.12. The zero-order valence-corrected chi connectivity index (χ0v) is 9.81. The number of nitrogens with two attached hydrogens (primary N) is 1. The minimum absolute atomic E-state index is 0.0689. The molecule has 0 fully saturated rings. The van der Waals surface area contributed by atoms with Crippen molar-refractivity contribution in [2.45, 2.75) is 12.8 Å². The summed E-state index contributed by atoms with van der Waals surface area (Å²) in [7, 11) is -3.53. The maximum Gasteiger partial charge on any atom is 0.272 e. The molecule has 1 aliphatic carbocycles. The molecule has 0 spiro atoms. The first kappa shape index (κ1) is 12.0. The molecule has 2 N–H and O–H groups in total. The lowest BCUT2D eigenvalue weighted by Crippen LogP contribution is -2.23. The number of primary sulfonamides is 1. The highest BCUT2D eigenvalue weighted by molar-refractivity contribution is 7.89. The molecule has 0 amide bonds. The highest BCUT2D eigenvalue weighted by atomic mass is 32.2. The van der Waals surface area contributed by atoms with Gasteiger partial charge in [0.05, 0.1) is 10.7 Å². The van der Waals surface area contributed by atoms with E-state index < -0.39 is 14.9 Å². The van der Waals surface area contributed by atoms with Gasteiger partial charge in [0.25, 0.3) is 5.69 Å². The van der Waals surface area contributed by atoms with Crippen LogP contribution in [0.4, 0.5) is 5.69 Å². The minimum Gasteiger partial charge on any atom is -0.258 e. The van der Waals surface area contributed by atoms with Crippen molar-refractivity contribution < 1.29 is 13.3 Å². The lowest BCUT2D eigenvalue weighted by molar-refractivity contribution is -0.385. The number of hydrogen-bond acceptors (Lipinski definition) is 4. The predicted molar refractivity (Wildman–Crippen MR) is 62.0 cm³/mol. The van der Waals surface area contributed by atoms with Crippen LogP contribution in [0, 0.1) is 16.0 Å². The molecular formula is C10H12N2O4S. The van der Waals surface area contributed by atoms with Gasteiger partial charge >= 0.3 is 0 Å². The second-order valence-electron chi connectivity index (χ2n) is 4.28. The Hall–Kier alpha value is -1.47. The summed E-state index contributed by atoms with van der Waals surface area (Å²) in [4.78, 5) is 10.4. The van der Waals surface area contributed by atoms with E-state index in [9.17, 15) is 18.5 Å². The number of nitrogens with zero attached hydrogens (tertiary/aromatic N) is 1. The number of sulfonamides is 1. The number of fused-ring (bicyclic) bond motifs is 1. The van der Waals surface area contributed by atoms with Crippen molar-refractivity contribution >= 4 is 15.7 Å². The van der Waals surface area contributed by atoms with E-state index in [1.165, 1.54) is 6.07 Å². The van der Waals surface area contributed by atoms with Crippen molar-refractivity contribution in [1.29, 1.82) is 0 Å². The second-order valence-corrected chi connectivity index (χ2v) is 5.93. The van der Waals surface area contributed by atoms with Crippen molar-refractivity contribution in [3.63, 3.8) is 0 Å². The molecule has 0 heterocycles. The van der Waals surface area contributed by atoms with E-state index in [2.05, 4.69) is 0 Å². The standard InChI is InChI=1S/C10H12N2O4S/c11-17(15,16)6-7-4-8-2-1-3-10(12(13)14)9(8)5-7/h1-3,7H,4-6H2,(H2,11,15,16)/t7-/m0/s1. The van der Waals surface area contributed by atoms with Crippen molar-refractivity contribution in [1.82, 2.24) is 0 Å². The molecular weight excluding hydrogens is 244 g/mol. The van der Waals surface area contributed by atoms with E-state index in [4.69, 9.17) is 5.14 Å². The Balaban J connectivity index is 2.28. The van der Waals surface area contributed by atoms with Crippen LogP contribution in [0.1, 0.15) is 11.1 Å². The second kappa shape index (κ2) is 4.08. The van der Waals surface area contributed by atoms with E-state index in [-0.39, 0.29) is 17.4 Å². The van der Waals surface area contributed by atoms with Crippen molar-refractivity contribution in [3.8, 4) is 0 Å². The fourth-order valence-electron chi connectivity index (χ4n) is 2.34. The van der Waals surface area contributed by atoms with Gasteiger partial charge in [0.2, 0.25) is 10.0 Å². The van der Waals surface area contributed by atoms with Crippen LogP contribution in [0.15, 0.2) is 18.2 Å². The minimum atomic E-state index is -3.53. The first-order chi connectivity index (χ1) is 7.87. The molecule has 92 valence electrons. The Morgan fingerprint density at radius 1 is 1.41 bits per heavy atom. The molecule has 0 bridgehead atoms. The van der Waals surface area contributed by atoms with Gasteiger partial charge in [-0.25, -0.2) is 13.6 Å². The van der Waals surface area contributed by atoms with Crippen LogP contribution in [0.5, 0.6) is 0 Å². The van der Waals surface area contributed by atoms with Crippen LogP contribution in [-0.2, 0) is 22.9 Å². The lowest BCUT2D eigenvalue weighted by Gasteiger charge is -2.05. The topological polar surface area (TPSA) is 103 Å². The van der Waals surface area contributed by atoms with E-state index in [0.717, 1.165) is 5.56 Å². The zero-order valence-electron chi connectivity index (χ0n) is 9.00. The summed E-state index contributed by atoms with van der Waals surface area (Å²) in [5.41, 5.74) is 1.57. The SMILES string of the molecule is NS(=O)(=O)C[C@H]1Cc2cccc([N+](=O)[O-])c2C1. The van der Waals surface area contributed by atoms with Gasteiger partial charge in [-0.05, 0) is 24.3 Å². The van der Waals surface area contributed by atoms with Gasteiger partial charge in [-0.2, -0.15) is 0 Å². The summed E-state index contributed by atoms with van der Waals surface area (Å²) in [5.74, 6) is -0.278. The Bertz CT molecular complexity index is 568. The highest BCUT2D eigenvalue weighted by Crippen LogP contribution is 2.33. The molecule has 0 unspecified atom stereocenters. The number of benzene rings is 1. The lowest BCUT2D eigenvalue weighted by atomic mass is 10.1. The van der Waals surface area contributed by atoms with Gasteiger partial charge < -0.3 is 0 Å². The number of hydrogen-bond donors (Lipinski definition) is 1. The van der Waals surface area contributed by atoms with Crippen LogP contribution in [0.3, 0.4) is 0 Å². The maximum atomic E-state index is 11.0. The monoisotopic (exact) mass is 256 g/mol. The van der Waals surface area contributed by atoms with Crippen molar-refractivity contribution in [2.24, 2.45) is 11.1 Å². The highest BCUT2D eigenvalue weighted by Gasteiger charge is 2.30. The summed E-state index contributed by atoms with van der Waals surface area (Å²) < 4.78 is 22.0. The van der Waals surface area contributed by atoms with Gasteiger partial charge in [0.15, 0.2) is 0 Å². The molecule has 7 heteroatoms. The number of rotatable bonds is 3. The molecule has 17 heavy (non-hydrogen) atoms. The quantitative estimate of drug-likeness (QED) is 0.631. The molecule has 1 atom stereocenters. The third-order valence-corrected chi connectivity index (χ3v) is 3.85. The smallest absolute Gasteiger partial charge is 0.258 e. The number of nitro groups is 1. The molecule has 0 aliphatic heterocycles. The van der Waals surface area contributed by atoms with Crippen LogP contribution in [0.2, 0.25) is 0 Å². The normalized spacial score (nSPS) is 19.0. The summed E-state index contributed by atoms with van der Waals surface area (Å²) >= 11 is 0. The molecule has 0 saturated carbocycles.